The van der Waals surface area contributed by atoms with Crippen LogP contribution in [-0.2, 0) is 4.74 Å². The van der Waals surface area contributed by atoms with Crippen molar-refractivity contribution in [2.24, 2.45) is 0 Å². The summed E-state index contributed by atoms with van der Waals surface area (Å²) >= 11 is 5.69. The number of hydrogen-bond donors (Lipinski definition) is 2. The zero-order valence-electron chi connectivity index (χ0n) is 10.3. The second kappa shape index (κ2) is 7.35. The first-order valence-corrected chi connectivity index (χ1v) is 6.08. The van der Waals surface area contributed by atoms with E-state index in [-0.39, 0.29) is 30.9 Å². The fraction of sp³-hybridized carbons (Fsp3) is 0.417. The fourth-order valence-electron chi connectivity index (χ4n) is 1.35. The van der Waals surface area contributed by atoms with Crippen molar-refractivity contribution < 1.29 is 27.8 Å². The molecule has 0 atom stereocenters. The Labute approximate surface area is 118 Å². The Balaban J connectivity index is 2.28. The van der Waals surface area contributed by atoms with E-state index in [0.29, 0.717) is 5.02 Å². The first-order chi connectivity index (χ1) is 9.29. The smallest absolute Gasteiger partial charge is 0.411 e. The lowest BCUT2D eigenvalue weighted by Gasteiger charge is -2.09. The van der Waals surface area contributed by atoms with E-state index >= 15 is 0 Å². The van der Waals surface area contributed by atoms with Crippen molar-refractivity contribution in [1.82, 2.24) is 5.32 Å². The number of nitrogens with one attached hydrogen (secondary N) is 1. The monoisotopic (exact) mass is 311 g/mol. The van der Waals surface area contributed by atoms with Gasteiger partial charge in [0.25, 0.3) is 5.91 Å². The molecule has 20 heavy (non-hydrogen) atoms. The second-order valence-corrected chi connectivity index (χ2v) is 4.38. The number of phenolic OH excluding ortho intramolecular Hbond substituents is 1. The van der Waals surface area contributed by atoms with Crippen LogP contribution in [0.1, 0.15) is 16.8 Å². The van der Waals surface area contributed by atoms with Gasteiger partial charge in [0.1, 0.15) is 12.4 Å². The van der Waals surface area contributed by atoms with Gasteiger partial charge in [0.2, 0.25) is 0 Å². The van der Waals surface area contributed by atoms with E-state index in [1.165, 1.54) is 18.2 Å². The lowest BCUT2D eigenvalue weighted by Crippen LogP contribution is -2.26. The molecule has 0 fully saturated rings. The molecule has 4 nitrogen and oxygen atoms in total. The van der Waals surface area contributed by atoms with Crippen molar-refractivity contribution in [3.8, 4) is 5.75 Å². The molecule has 1 aromatic rings. The van der Waals surface area contributed by atoms with Crippen molar-refractivity contribution in [2.45, 2.75) is 12.6 Å². The molecule has 1 rings (SSSR count). The third-order valence-corrected chi connectivity index (χ3v) is 2.46. The van der Waals surface area contributed by atoms with Gasteiger partial charge in [-0.3, -0.25) is 4.79 Å². The lowest BCUT2D eigenvalue weighted by atomic mass is 10.2. The molecule has 0 saturated heterocycles. The van der Waals surface area contributed by atoms with Crippen LogP contribution in [0.2, 0.25) is 5.02 Å². The molecular formula is C12H13ClF3NO3. The first kappa shape index (κ1) is 16.6. The van der Waals surface area contributed by atoms with E-state index in [9.17, 15) is 23.1 Å². The van der Waals surface area contributed by atoms with Crippen molar-refractivity contribution >= 4 is 17.5 Å². The van der Waals surface area contributed by atoms with Crippen LogP contribution in [0, 0.1) is 0 Å². The summed E-state index contributed by atoms with van der Waals surface area (Å²) in [6.07, 6.45) is -4.13. The normalized spacial score (nSPS) is 11.4. The molecule has 0 aliphatic rings. The van der Waals surface area contributed by atoms with Crippen LogP contribution in [0.4, 0.5) is 13.2 Å². The SMILES string of the molecule is O=C(NCCCOCC(F)(F)F)c1cc(Cl)ccc1O. The number of aromatic hydroxyl groups is 1. The lowest BCUT2D eigenvalue weighted by molar-refractivity contribution is -0.173. The summed E-state index contributed by atoms with van der Waals surface area (Å²) in [6.45, 7) is -1.31. The maximum absolute atomic E-state index is 11.8. The quantitative estimate of drug-likeness (QED) is 0.794. The zero-order chi connectivity index (χ0) is 15.2. The molecule has 0 bridgehead atoms. The van der Waals surface area contributed by atoms with E-state index < -0.39 is 18.7 Å². The number of phenols is 1. The molecule has 1 amide bonds. The highest BCUT2D eigenvalue weighted by Gasteiger charge is 2.27. The molecule has 8 heteroatoms. The van der Waals surface area contributed by atoms with Gasteiger partial charge < -0.3 is 15.2 Å². The van der Waals surface area contributed by atoms with Gasteiger partial charge in [-0.15, -0.1) is 0 Å². The summed E-state index contributed by atoms with van der Waals surface area (Å²) in [5, 5.41) is 12.2. The second-order valence-electron chi connectivity index (χ2n) is 3.94. The Bertz CT molecular complexity index is 466. The summed E-state index contributed by atoms with van der Waals surface area (Å²) in [7, 11) is 0. The van der Waals surface area contributed by atoms with Crippen LogP contribution < -0.4 is 5.32 Å². The standard InChI is InChI=1S/C12H13ClF3NO3/c13-8-2-3-10(18)9(6-8)11(19)17-4-1-5-20-7-12(14,15)16/h2-3,6,18H,1,4-5,7H2,(H,17,19). The molecule has 0 aliphatic heterocycles. The Kier molecular flexibility index (Phi) is 6.09. The molecule has 0 unspecified atom stereocenters. The van der Waals surface area contributed by atoms with E-state index in [4.69, 9.17) is 11.6 Å². The summed E-state index contributed by atoms with van der Waals surface area (Å²) in [6, 6.07) is 4.01. The number of ether oxygens (including phenoxy) is 1. The van der Waals surface area contributed by atoms with Crippen LogP contribution in [0.5, 0.6) is 5.75 Å². The minimum absolute atomic E-state index is 0.00806. The first-order valence-electron chi connectivity index (χ1n) is 5.71. The zero-order valence-corrected chi connectivity index (χ0v) is 11.1. The van der Waals surface area contributed by atoms with E-state index in [1.807, 2.05) is 0 Å². The molecule has 0 saturated carbocycles. The van der Waals surface area contributed by atoms with Gasteiger partial charge in [0.05, 0.1) is 5.56 Å². The van der Waals surface area contributed by atoms with Crippen LogP contribution in [-0.4, -0.2) is 36.9 Å². The van der Waals surface area contributed by atoms with Crippen LogP contribution in [0.3, 0.4) is 0 Å². The third-order valence-electron chi connectivity index (χ3n) is 2.22. The molecule has 0 spiro atoms. The van der Waals surface area contributed by atoms with Gasteiger partial charge in [-0.1, -0.05) is 11.6 Å². The fourth-order valence-corrected chi connectivity index (χ4v) is 1.52. The topological polar surface area (TPSA) is 58.6 Å². The van der Waals surface area contributed by atoms with Crippen LogP contribution >= 0.6 is 11.6 Å². The Hall–Kier alpha value is -1.47. The minimum atomic E-state index is -4.35. The Morgan fingerprint density at radius 1 is 1.40 bits per heavy atom. The maximum atomic E-state index is 11.8. The predicted molar refractivity (Wildman–Crippen MR) is 66.9 cm³/mol. The molecule has 2 N–H and O–H groups in total. The number of amides is 1. The Morgan fingerprint density at radius 3 is 2.75 bits per heavy atom. The predicted octanol–water partition coefficient (Wildman–Crippen LogP) is 2.74. The number of hydrogen-bond acceptors (Lipinski definition) is 3. The number of rotatable bonds is 6. The highest BCUT2D eigenvalue weighted by molar-refractivity contribution is 6.31. The van der Waals surface area contributed by atoms with E-state index in [2.05, 4.69) is 10.1 Å². The number of carbonyl (C=O) groups excluding carboxylic acids is 1. The maximum Gasteiger partial charge on any atom is 0.411 e. The summed E-state index contributed by atoms with van der Waals surface area (Å²) in [5.74, 6) is -0.777. The molecule has 0 aromatic heterocycles. The molecule has 0 heterocycles. The number of benzene rings is 1. The highest BCUT2D eigenvalue weighted by atomic mass is 35.5. The largest absolute Gasteiger partial charge is 0.507 e. The van der Waals surface area contributed by atoms with Crippen molar-refractivity contribution in [1.29, 1.82) is 0 Å². The van der Waals surface area contributed by atoms with Gasteiger partial charge in [0.15, 0.2) is 0 Å². The molecule has 1 aromatic carbocycles. The number of halogens is 4. The molecule has 0 radical (unpaired) electrons. The van der Waals surface area contributed by atoms with Gasteiger partial charge >= 0.3 is 6.18 Å². The van der Waals surface area contributed by atoms with Crippen LogP contribution in [0.25, 0.3) is 0 Å². The number of carbonyl (C=O) groups is 1. The Morgan fingerprint density at radius 2 is 2.10 bits per heavy atom. The van der Waals surface area contributed by atoms with Gasteiger partial charge in [-0.05, 0) is 24.6 Å². The number of alkyl halides is 3. The van der Waals surface area contributed by atoms with Gasteiger partial charge in [-0.2, -0.15) is 13.2 Å². The average Bonchev–Trinajstić information content (AvgIpc) is 2.35. The van der Waals surface area contributed by atoms with Crippen LogP contribution in [0.15, 0.2) is 18.2 Å². The third kappa shape index (κ3) is 6.12. The van der Waals surface area contributed by atoms with E-state index in [1.54, 1.807) is 0 Å². The van der Waals surface area contributed by atoms with E-state index in [0.717, 1.165) is 0 Å². The van der Waals surface area contributed by atoms with Gasteiger partial charge in [-0.25, -0.2) is 0 Å². The highest BCUT2D eigenvalue weighted by Crippen LogP contribution is 2.21. The van der Waals surface area contributed by atoms with Crippen molar-refractivity contribution in [3.05, 3.63) is 28.8 Å². The summed E-state index contributed by atoms with van der Waals surface area (Å²) in [4.78, 5) is 11.7. The molecular weight excluding hydrogens is 299 g/mol. The van der Waals surface area contributed by atoms with Crippen molar-refractivity contribution in [2.75, 3.05) is 19.8 Å². The summed E-state index contributed by atoms with van der Waals surface area (Å²) in [5.41, 5.74) is 0.00806. The average molecular weight is 312 g/mol. The molecule has 0 aliphatic carbocycles. The van der Waals surface area contributed by atoms with Crippen molar-refractivity contribution in [3.63, 3.8) is 0 Å². The van der Waals surface area contributed by atoms with Gasteiger partial charge in [0, 0.05) is 18.2 Å². The minimum Gasteiger partial charge on any atom is -0.507 e. The molecule has 112 valence electrons. The summed E-state index contributed by atoms with van der Waals surface area (Å²) < 4.78 is 39.7.